The molecular formula is C38H36N4O2S2. The average molecular weight is 645 g/mol. The lowest BCUT2D eigenvalue weighted by Gasteiger charge is -2.27. The van der Waals surface area contributed by atoms with Crippen LogP contribution in [-0.2, 0) is 11.2 Å². The molecule has 1 aliphatic heterocycles. The summed E-state index contributed by atoms with van der Waals surface area (Å²) >= 11 is 2.75. The van der Waals surface area contributed by atoms with E-state index < -0.39 is 5.97 Å². The molecule has 0 amide bonds. The predicted molar refractivity (Wildman–Crippen MR) is 189 cm³/mol. The second-order valence-corrected chi connectivity index (χ2v) is 14.1. The van der Waals surface area contributed by atoms with Crippen LogP contribution < -0.4 is 4.90 Å². The summed E-state index contributed by atoms with van der Waals surface area (Å²) in [6, 6.07) is 24.6. The fraction of sp³-hybridized carbons (Fsp3) is 0.316. The molecule has 2 aromatic heterocycles. The van der Waals surface area contributed by atoms with E-state index in [-0.39, 0.29) is 5.57 Å². The molecule has 1 N–H and O–H groups in total. The first-order valence-electron chi connectivity index (χ1n) is 16.2. The number of carboxylic acids is 1. The first-order chi connectivity index (χ1) is 22.5. The molecular weight excluding hydrogens is 609 g/mol. The van der Waals surface area contributed by atoms with E-state index in [4.69, 9.17) is 8.75 Å². The van der Waals surface area contributed by atoms with E-state index in [0.717, 1.165) is 68.7 Å². The molecule has 0 radical (unpaired) electrons. The normalized spacial score (nSPS) is 17.3. The van der Waals surface area contributed by atoms with Gasteiger partial charge in [0.05, 0.1) is 11.7 Å². The van der Waals surface area contributed by atoms with Crippen LogP contribution in [0.2, 0.25) is 0 Å². The van der Waals surface area contributed by atoms with Gasteiger partial charge in [0, 0.05) is 44.2 Å². The van der Waals surface area contributed by atoms with Crippen molar-refractivity contribution in [2.24, 2.45) is 0 Å². The molecule has 2 aliphatic rings. The fourth-order valence-corrected chi connectivity index (χ4v) is 9.03. The zero-order valence-corrected chi connectivity index (χ0v) is 27.8. The molecule has 6 nitrogen and oxygen atoms in total. The van der Waals surface area contributed by atoms with Gasteiger partial charge in [-0.15, -0.1) is 11.3 Å². The third-order valence-corrected chi connectivity index (χ3v) is 11.3. The van der Waals surface area contributed by atoms with Crippen molar-refractivity contribution in [3.63, 3.8) is 0 Å². The quantitative estimate of drug-likeness (QED) is 0.0924. The maximum absolute atomic E-state index is 11.7. The number of aryl methyl sites for hydroxylation is 2. The molecule has 2 unspecified atom stereocenters. The van der Waals surface area contributed by atoms with Gasteiger partial charge in [-0.05, 0) is 85.7 Å². The summed E-state index contributed by atoms with van der Waals surface area (Å²) in [4.78, 5) is 16.1. The van der Waals surface area contributed by atoms with Crippen LogP contribution in [0.4, 0.5) is 11.4 Å². The van der Waals surface area contributed by atoms with Crippen molar-refractivity contribution in [3.8, 4) is 27.6 Å². The molecule has 2 atom stereocenters. The number of hydrogen-bond acceptors (Lipinski definition) is 7. The maximum Gasteiger partial charge on any atom is 0.346 e. The molecule has 1 fully saturated rings. The van der Waals surface area contributed by atoms with E-state index >= 15 is 0 Å². The van der Waals surface area contributed by atoms with Crippen molar-refractivity contribution in [1.29, 1.82) is 5.26 Å². The van der Waals surface area contributed by atoms with Crippen LogP contribution in [-0.4, -0.2) is 25.9 Å². The third-order valence-electron chi connectivity index (χ3n) is 9.57. The molecule has 8 heteroatoms. The number of nitrogens with zero attached hydrogens (tertiary/aromatic N) is 4. The fourth-order valence-electron chi connectivity index (χ4n) is 7.27. The van der Waals surface area contributed by atoms with Crippen molar-refractivity contribution in [3.05, 3.63) is 87.8 Å². The largest absolute Gasteiger partial charge is 0.477 e. The summed E-state index contributed by atoms with van der Waals surface area (Å²) in [7, 11) is 0. The molecule has 5 aromatic rings. The highest BCUT2D eigenvalue weighted by molar-refractivity contribution is 7.16. The van der Waals surface area contributed by atoms with Crippen LogP contribution >= 0.6 is 23.1 Å². The van der Waals surface area contributed by atoms with Gasteiger partial charge in [0.15, 0.2) is 0 Å². The minimum atomic E-state index is -1.20. The third kappa shape index (κ3) is 5.52. The monoisotopic (exact) mass is 644 g/mol. The molecule has 1 saturated carbocycles. The second kappa shape index (κ2) is 12.8. The van der Waals surface area contributed by atoms with E-state index in [1.165, 1.54) is 77.3 Å². The molecule has 1 aliphatic carbocycles. The Balaban J connectivity index is 1.26. The number of fused-ring (bicyclic) bond motifs is 4. The summed E-state index contributed by atoms with van der Waals surface area (Å²) in [6.45, 7) is 4.33. The SMILES string of the molecule is CCCCCCc1cc(-c2ccc(-c3ccc4c(c3)C3CCCC3N4c3ccc(C)cc3)c3nsnc23)sc1/C=C(/C#N)C(=O)O. The van der Waals surface area contributed by atoms with Crippen LogP contribution in [0.1, 0.15) is 79.4 Å². The Morgan fingerprint density at radius 3 is 2.57 bits per heavy atom. The Hall–Kier alpha value is -4.32. The molecule has 7 rings (SSSR count). The summed E-state index contributed by atoms with van der Waals surface area (Å²) in [6.07, 6.45) is 10.5. The van der Waals surface area contributed by atoms with Crippen LogP contribution in [0, 0.1) is 18.3 Å². The second-order valence-electron chi connectivity index (χ2n) is 12.5. The van der Waals surface area contributed by atoms with Crippen LogP contribution in [0.3, 0.4) is 0 Å². The summed E-state index contributed by atoms with van der Waals surface area (Å²) in [5.41, 5.74) is 11.1. The summed E-state index contributed by atoms with van der Waals surface area (Å²) in [5.74, 6) is -0.679. The van der Waals surface area contributed by atoms with Crippen molar-refractivity contribution in [2.45, 2.75) is 77.2 Å². The number of benzene rings is 3. The number of aromatic nitrogens is 2. The number of nitriles is 1. The molecule has 3 aromatic carbocycles. The highest BCUT2D eigenvalue weighted by Crippen LogP contribution is 2.53. The smallest absolute Gasteiger partial charge is 0.346 e. The van der Waals surface area contributed by atoms with Crippen molar-refractivity contribution in [1.82, 2.24) is 8.75 Å². The molecule has 0 saturated heterocycles. The standard InChI is InChI=1S/C38H36N4O2S2/c1-3-4-5-6-8-25-20-35(45-34(25)21-26(22-39)38(43)44)30-17-16-28(36-37(30)41-46-40-36)24-13-18-33-31(19-24)29-9-7-10-32(29)42(33)27-14-11-23(2)12-15-27/h11-21,29,32H,3-10H2,1-2H3,(H,43,44)/b26-21-. The number of carbonyl (C=O) groups is 1. The van der Waals surface area contributed by atoms with Gasteiger partial charge in [-0.1, -0.05) is 68.5 Å². The summed E-state index contributed by atoms with van der Waals surface area (Å²) < 4.78 is 9.55. The Bertz CT molecular complexity index is 2000. The Morgan fingerprint density at radius 2 is 1.80 bits per heavy atom. The minimum Gasteiger partial charge on any atom is -0.477 e. The van der Waals surface area contributed by atoms with Crippen LogP contribution in [0.25, 0.3) is 38.7 Å². The van der Waals surface area contributed by atoms with Crippen LogP contribution in [0.15, 0.2) is 66.2 Å². The van der Waals surface area contributed by atoms with Gasteiger partial charge in [0.25, 0.3) is 0 Å². The number of rotatable bonds is 10. The first-order valence-corrected chi connectivity index (χ1v) is 17.7. The number of unbranched alkanes of at least 4 members (excludes halogenated alkanes) is 3. The zero-order chi connectivity index (χ0) is 31.8. The number of hydrogen-bond donors (Lipinski definition) is 1. The minimum absolute atomic E-state index is 0.249. The van der Waals surface area contributed by atoms with Gasteiger partial charge >= 0.3 is 5.97 Å². The lowest BCUT2D eigenvalue weighted by molar-refractivity contribution is -0.132. The van der Waals surface area contributed by atoms with Crippen molar-refractivity contribution < 1.29 is 9.90 Å². The molecule has 46 heavy (non-hydrogen) atoms. The van der Waals surface area contributed by atoms with Gasteiger partial charge in [0.2, 0.25) is 0 Å². The van der Waals surface area contributed by atoms with E-state index in [1.54, 1.807) is 0 Å². The topological polar surface area (TPSA) is 90.1 Å². The van der Waals surface area contributed by atoms with Crippen molar-refractivity contribution >= 4 is 57.5 Å². The summed E-state index contributed by atoms with van der Waals surface area (Å²) in [5, 5.41) is 19.0. The van der Waals surface area contributed by atoms with Crippen molar-refractivity contribution in [2.75, 3.05) is 4.90 Å². The van der Waals surface area contributed by atoms with E-state index in [2.05, 4.69) is 79.4 Å². The maximum atomic E-state index is 11.7. The first kappa shape index (κ1) is 30.3. The van der Waals surface area contributed by atoms with Gasteiger partial charge in [-0.25, -0.2) is 4.79 Å². The zero-order valence-electron chi connectivity index (χ0n) is 26.1. The Kier molecular flexibility index (Phi) is 8.46. The van der Waals surface area contributed by atoms with Gasteiger partial charge in [-0.2, -0.15) is 14.0 Å². The average Bonchev–Trinajstić information content (AvgIpc) is 3.86. The predicted octanol–water partition coefficient (Wildman–Crippen LogP) is 10.3. The molecule has 0 spiro atoms. The highest BCUT2D eigenvalue weighted by Gasteiger charge is 2.42. The molecule has 232 valence electrons. The Labute approximate surface area is 278 Å². The number of thiophene rings is 1. The highest BCUT2D eigenvalue weighted by atomic mass is 32.1. The number of aliphatic carboxylic acids is 1. The van der Waals surface area contributed by atoms with E-state index in [0.29, 0.717) is 12.0 Å². The van der Waals surface area contributed by atoms with Gasteiger partial charge in [-0.3, -0.25) is 0 Å². The number of anilines is 2. The van der Waals surface area contributed by atoms with Gasteiger partial charge in [0.1, 0.15) is 22.7 Å². The lowest BCUT2D eigenvalue weighted by Crippen LogP contribution is -2.26. The van der Waals surface area contributed by atoms with E-state index in [9.17, 15) is 15.2 Å². The Morgan fingerprint density at radius 1 is 1.02 bits per heavy atom. The molecule has 0 bridgehead atoms. The molecule has 3 heterocycles. The number of carboxylic acid groups (broad SMARTS) is 1. The lowest BCUT2D eigenvalue weighted by atomic mass is 9.93. The van der Waals surface area contributed by atoms with Crippen LogP contribution in [0.5, 0.6) is 0 Å². The van der Waals surface area contributed by atoms with Gasteiger partial charge < -0.3 is 10.0 Å². The van der Waals surface area contributed by atoms with E-state index in [1.807, 2.05) is 6.07 Å².